The van der Waals surface area contributed by atoms with Crippen molar-refractivity contribution >= 4 is 22.8 Å². The molecule has 0 saturated carbocycles. The van der Waals surface area contributed by atoms with Gasteiger partial charge in [0.2, 0.25) is 0 Å². The fourth-order valence-electron chi connectivity index (χ4n) is 1.91. The van der Waals surface area contributed by atoms with Crippen molar-refractivity contribution in [3.63, 3.8) is 0 Å². The van der Waals surface area contributed by atoms with E-state index in [1.54, 1.807) is 13.2 Å². The van der Waals surface area contributed by atoms with Gasteiger partial charge < -0.3 is 10.1 Å². The average Bonchev–Trinajstić information content (AvgIpc) is 2.51. The van der Waals surface area contributed by atoms with Gasteiger partial charge in [-0.05, 0) is 40.6 Å². The second-order valence-corrected chi connectivity index (χ2v) is 4.22. The number of hydrogen-bond donors (Lipinski definition) is 1. The molecule has 1 amide bonds. The minimum atomic E-state index is -0.387. The molecule has 0 unspecified atom stereocenters. The first-order chi connectivity index (χ1) is 9.67. The molecule has 20 heavy (non-hydrogen) atoms. The molecule has 4 heteroatoms. The third kappa shape index (κ3) is 2.78. The monoisotopic (exact) mass is 266 g/mol. The second-order valence-electron chi connectivity index (χ2n) is 4.22. The van der Waals surface area contributed by atoms with Gasteiger partial charge in [-0.25, -0.2) is 0 Å². The Morgan fingerprint density at radius 2 is 1.95 bits per heavy atom. The summed E-state index contributed by atoms with van der Waals surface area (Å²) >= 11 is 0. The third-order valence-electron chi connectivity index (χ3n) is 2.97. The van der Waals surface area contributed by atoms with E-state index < -0.39 is 0 Å². The van der Waals surface area contributed by atoms with E-state index in [1.165, 1.54) is 7.05 Å². The fourth-order valence-corrected chi connectivity index (χ4v) is 1.91. The number of nitrogens with one attached hydrogen (secondary N) is 1. The summed E-state index contributed by atoms with van der Waals surface area (Å²) < 4.78 is 5.17. The lowest BCUT2D eigenvalue weighted by atomic mass is 10.0. The first-order valence-corrected chi connectivity index (χ1v) is 6.09. The zero-order valence-corrected chi connectivity index (χ0v) is 11.3. The van der Waals surface area contributed by atoms with E-state index in [4.69, 9.17) is 10.00 Å². The lowest BCUT2D eigenvalue weighted by molar-refractivity contribution is -0.116. The molecule has 0 aliphatic heterocycles. The van der Waals surface area contributed by atoms with E-state index >= 15 is 0 Å². The number of likely N-dealkylation sites (N-methyl/N-ethyl adjacent to an activating group) is 1. The zero-order chi connectivity index (χ0) is 14.5. The second kappa shape index (κ2) is 5.89. The molecule has 0 saturated heterocycles. The highest BCUT2D eigenvalue weighted by molar-refractivity contribution is 6.02. The third-order valence-corrected chi connectivity index (χ3v) is 2.97. The highest BCUT2D eigenvalue weighted by atomic mass is 16.5. The summed E-state index contributed by atoms with van der Waals surface area (Å²) in [5.41, 5.74) is 0.892. The van der Waals surface area contributed by atoms with Crippen molar-refractivity contribution in [1.29, 1.82) is 5.26 Å². The van der Waals surface area contributed by atoms with Gasteiger partial charge >= 0.3 is 0 Å². The lowest BCUT2D eigenvalue weighted by Gasteiger charge is -2.04. The van der Waals surface area contributed by atoms with Gasteiger partial charge in [-0.2, -0.15) is 5.26 Å². The number of carbonyl (C=O) groups is 1. The smallest absolute Gasteiger partial charge is 0.261 e. The van der Waals surface area contributed by atoms with Gasteiger partial charge in [0.25, 0.3) is 5.91 Å². The summed E-state index contributed by atoms with van der Waals surface area (Å²) in [6.45, 7) is 0. The molecule has 0 radical (unpaired) electrons. The van der Waals surface area contributed by atoms with E-state index in [1.807, 2.05) is 42.5 Å². The molecule has 1 N–H and O–H groups in total. The topological polar surface area (TPSA) is 62.1 Å². The van der Waals surface area contributed by atoms with Gasteiger partial charge in [-0.1, -0.05) is 18.2 Å². The number of amides is 1. The van der Waals surface area contributed by atoms with Crippen molar-refractivity contribution < 1.29 is 9.53 Å². The summed E-state index contributed by atoms with van der Waals surface area (Å²) in [5.74, 6) is 0.409. The number of rotatable bonds is 3. The minimum Gasteiger partial charge on any atom is -0.497 e. The molecule has 0 aromatic heterocycles. The number of hydrogen-bond acceptors (Lipinski definition) is 3. The number of fused-ring (bicyclic) bond motifs is 1. The van der Waals surface area contributed by atoms with E-state index in [-0.39, 0.29) is 11.5 Å². The molecule has 0 aliphatic carbocycles. The summed E-state index contributed by atoms with van der Waals surface area (Å²) in [4.78, 5) is 11.5. The maximum atomic E-state index is 11.5. The minimum absolute atomic E-state index is 0.0837. The van der Waals surface area contributed by atoms with Crippen molar-refractivity contribution in [1.82, 2.24) is 5.32 Å². The van der Waals surface area contributed by atoms with Gasteiger partial charge in [0.1, 0.15) is 17.4 Å². The number of nitrogens with zero attached hydrogens (tertiary/aromatic N) is 1. The molecule has 2 rings (SSSR count). The van der Waals surface area contributed by atoms with Crippen LogP contribution >= 0.6 is 0 Å². The van der Waals surface area contributed by atoms with E-state index in [0.717, 1.165) is 22.1 Å². The van der Waals surface area contributed by atoms with Gasteiger partial charge in [0, 0.05) is 7.05 Å². The molecule has 100 valence electrons. The number of methoxy groups -OCH3 is 1. The summed E-state index contributed by atoms with van der Waals surface area (Å²) in [6.07, 6.45) is 1.57. The zero-order valence-electron chi connectivity index (χ0n) is 11.3. The van der Waals surface area contributed by atoms with Crippen LogP contribution in [0.1, 0.15) is 5.56 Å². The first-order valence-electron chi connectivity index (χ1n) is 6.09. The van der Waals surface area contributed by atoms with Crippen LogP contribution in [0.5, 0.6) is 5.75 Å². The quantitative estimate of drug-likeness (QED) is 0.685. The molecule has 0 aliphatic rings. The van der Waals surface area contributed by atoms with Crippen LogP contribution in [0.15, 0.2) is 42.0 Å². The Hall–Kier alpha value is -2.80. The van der Waals surface area contributed by atoms with Crippen LogP contribution in [0.25, 0.3) is 16.8 Å². The predicted octanol–water partition coefficient (Wildman–Crippen LogP) is 2.50. The summed E-state index contributed by atoms with van der Waals surface area (Å²) in [7, 11) is 3.13. The lowest BCUT2D eigenvalue weighted by Crippen LogP contribution is -2.19. The van der Waals surface area contributed by atoms with Gasteiger partial charge in [0.15, 0.2) is 0 Å². The predicted molar refractivity (Wildman–Crippen MR) is 78.2 cm³/mol. The van der Waals surface area contributed by atoms with E-state index in [9.17, 15) is 4.79 Å². The van der Waals surface area contributed by atoms with Crippen molar-refractivity contribution in [3.8, 4) is 11.8 Å². The first kappa shape index (κ1) is 13.6. The van der Waals surface area contributed by atoms with E-state index in [2.05, 4.69) is 5.32 Å². The Kier molecular flexibility index (Phi) is 4.02. The summed E-state index contributed by atoms with van der Waals surface area (Å²) in [5, 5.41) is 13.5. The molecule has 2 aromatic carbocycles. The number of benzene rings is 2. The van der Waals surface area contributed by atoms with Crippen LogP contribution in [0.3, 0.4) is 0 Å². The number of nitriles is 1. The fraction of sp³-hybridized carbons (Fsp3) is 0.125. The SMILES string of the molecule is CNC(=O)/C(C#N)=C/c1ccc2cc(OC)ccc2c1. The highest BCUT2D eigenvalue weighted by Crippen LogP contribution is 2.22. The van der Waals surface area contributed by atoms with Crippen LogP contribution in [0.4, 0.5) is 0 Å². The maximum Gasteiger partial charge on any atom is 0.261 e. The Morgan fingerprint density at radius 1 is 1.25 bits per heavy atom. The molecular formula is C16H14N2O2. The van der Waals surface area contributed by atoms with Crippen LogP contribution in [0, 0.1) is 11.3 Å². The van der Waals surface area contributed by atoms with Gasteiger partial charge in [0.05, 0.1) is 7.11 Å². The molecule has 0 spiro atoms. The Morgan fingerprint density at radius 3 is 2.60 bits per heavy atom. The molecule has 0 bridgehead atoms. The van der Waals surface area contributed by atoms with Crippen LogP contribution < -0.4 is 10.1 Å². The molecule has 0 fully saturated rings. The van der Waals surface area contributed by atoms with Crippen molar-refractivity contribution in [2.75, 3.05) is 14.2 Å². The Labute approximate surface area is 117 Å². The van der Waals surface area contributed by atoms with Crippen molar-refractivity contribution in [2.24, 2.45) is 0 Å². The maximum absolute atomic E-state index is 11.5. The Bertz CT molecular complexity index is 727. The average molecular weight is 266 g/mol. The molecule has 0 heterocycles. The molecule has 4 nitrogen and oxygen atoms in total. The molecular weight excluding hydrogens is 252 g/mol. The molecule has 0 atom stereocenters. The molecule has 2 aromatic rings. The van der Waals surface area contributed by atoms with Crippen LogP contribution in [0.2, 0.25) is 0 Å². The summed E-state index contributed by atoms with van der Waals surface area (Å²) in [6, 6.07) is 13.4. The highest BCUT2D eigenvalue weighted by Gasteiger charge is 2.06. The number of ether oxygens (including phenoxy) is 1. The van der Waals surface area contributed by atoms with Crippen LogP contribution in [-0.2, 0) is 4.79 Å². The Balaban J connectivity index is 2.44. The van der Waals surface area contributed by atoms with Crippen molar-refractivity contribution in [3.05, 3.63) is 47.5 Å². The van der Waals surface area contributed by atoms with Gasteiger partial charge in [-0.15, -0.1) is 0 Å². The van der Waals surface area contributed by atoms with Crippen LogP contribution in [-0.4, -0.2) is 20.1 Å². The normalized spacial score (nSPS) is 10.9. The van der Waals surface area contributed by atoms with E-state index in [0.29, 0.717) is 0 Å². The van der Waals surface area contributed by atoms with Crippen molar-refractivity contribution in [2.45, 2.75) is 0 Å². The standard InChI is InChI=1S/C16H14N2O2/c1-18-16(19)14(10-17)8-11-3-4-13-9-15(20-2)6-5-12(13)7-11/h3-9H,1-2H3,(H,18,19)/b14-8+. The van der Waals surface area contributed by atoms with Gasteiger partial charge in [-0.3, -0.25) is 4.79 Å². The largest absolute Gasteiger partial charge is 0.497 e. The number of carbonyl (C=O) groups excluding carboxylic acids is 1.